The molecular formula is C22H18N2O3. The number of hydrogen-bond acceptors (Lipinski definition) is 4. The standard InChI is InChI=1S/C22H18N2O3/c1-27-17-13-11-15(12-14-17)20-22(26)24(16-7-3-2-4-8-16)21(25)18-9-5-6-10-19(18)23-20/h2-14,20,23H,1H3. The zero-order chi connectivity index (χ0) is 18.8. The van der Waals surface area contributed by atoms with E-state index in [0.29, 0.717) is 22.7 Å². The van der Waals surface area contributed by atoms with Gasteiger partial charge < -0.3 is 10.1 Å². The van der Waals surface area contributed by atoms with Gasteiger partial charge in [0.1, 0.15) is 11.8 Å². The highest BCUT2D eigenvalue weighted by Gasteiger charge is 2.36. The van der Waals surface area contributed by atoms with Crippen molar-refractivity contribution in [2.24, 2.45) is 0 Å². The topological polar surface area (TPSA) is 58.6 Å². The molecule has 0 radical (unpaired) electrons. The molecule has 0 aliphatic carbocycles. The summed E-state index contributed by atoms with van der Waals surface area (Å²) in [6.45, 7) is 0. The highest BCUT2D eigenvalue weighted by Crippen LogP contribution is 2.33. The maximum Gasteiger partial charge on any atom is 0.267 e. The number of amides is 2. The summed E-state index contributed by atoms with van der Waals surface area (Å²) in [5.74, 6) is 0.0362. The van der Waals surface area contributed by atoms with E-state index in [1.807, 2.05) is 42.5 Å². The first-order chi connectivity index (χ1) is 13.2. The van der Waals surface area contributed by atoms with Crippen LogP contribution in [0.15, 0.2) is 78.9 Å². The summed E-state index contributed by atoms with van der Waals surface area (Å²) >= 11 is 0. The number of ether oxygens (including phenoxy) is 1. The summed E-state index contributed by atoms with van der Waals surface area (Å²) in [6, 6.07) is 22.7. The van der Waals surface area contributed by atoms with Crippen LogP contribution in [0.4, 0.5) is 11.4 Å². The van der Waals surface area contributed by atoms with Gasteiger partial charge in [-0.2, -0.15) is 0 Å². The SMILES string of the molecule is COc1ccc(C2Nc3ccccc3C(=O)N(c3ccccc3)C2=O)cc1. The number of benzene rings is 3. The predicted molar refractivity (Wildman–Crippen MR) is 104 cm³/mol. The van der Waals surface area contributed by atoms with Crippen LogP contribution in [0.1, 0.15) is 22.0 Å². The quantitative estimate of drug-likeness (QED) is 0.718. The molecule has 0 aromatic heterocycles. The number of para-hydroxylation sites is 2. The Balaban J connectivity index is 1.84. The van der Waals surface area contributed by atoms with Crippen LogP contribution >= 0.6 is 0 Å². The van der Waals surface area contributed by atoms with Gasteiger partial charge in [-0.05, 0) is 42.0 Å². The fourth-order valence-corrected chi connectivity index (χ4v) is 3.21. The van der Waals surface area contributed by atoms with E-state index in [0.717, 1.165) is 5.56 Å². The van der Waals surface area contributed by atoms with Crippen LogP contribution in [0.25, 0.3) is 0 Å². The monoisotopic (exact) mass is 358 g/mol. The van der Waals surface area contributed by atoms with Gasteiger partial charge in [-0.1, -0.05) is 42.5 Å². The smallest absolute Gasteiger partial charge is 0.267 e. The molecule has 1 atom stereocenters. The lowest BCUT2D eigenvalue weighted by atomic mass is 10.0. The largest absolute Gasteiger partial charge is 0.497 e. The van der Waals surface area contributed by atoms with E-state index in [4.69, 9.17) is 4.74 Å². The minimum absolute atomic E-state index is 0.326. The van der Waals surface area contributed by atoms with Gasteiger partial charge in [0.25, 0.3) is 11.8 Å². The Labute approximate surface area is 157 Å². The van der Waals surface area contributed by atoms with E-state index in [1.54, 1.807) is 43.5 Å². The van der Waals surface area contributed by atoms with Crippen molar-refractivity contribution in [1.29, 1.82) is 0 Å². The first-order valence-corrected chi connectivity index (χ1v) is 8.62. The first-order valence-electron chi connectivity index (χ1n) is 8.62. The van der Waals surface area contributed by atoms with E-state index in [-0.39, 0.29) is 11.8 Å². The molecule has 1 heterocycles. The maximum absolute atomic E-state index is 13.4. The lowest BCUT2D eigenvalue weighted by Crippen LogP contribution is -2.39. The third-order valence-corrected chi connectivity index (χ3v) is 4.59. The second-order valence-corrected chi connectivity index (χ2v) is 6.21. The third kappa shape index (κ3) is 3.04. The Morgan fingerprint density at radius 2 is 1.52 bits per heavy atom. The Morgan fingerprint density at radius 1 is 0.852 bits per heavy atom. The van der Waals surface area contributed by atoms with Gasteiger partial charge in [0.05, 0.1) is 18.4 Å². The number of imide groups is 1. The molecule has 5 heteroatoms. The van der Waals surface area contributed by atoms with Gasteiger partial charge in [-0.3, -0.25) is 9.59 Å². The molecule has 3 aromatic carbocycles. The molecule has 0 bridgehead atoms. The van der Waals surface area contributed by atoms with Gasteiger partial charge in [-0.25, -0.2) is 4.90 Å². The molecule has 1 aliphatic rings. The number of carbonyl (C=O) groups excluding carboxylic acids is 2. The van der Waals surface area contributed by atoms with Crippen LogP contribution in [-0.4, -0.2) is 18.9 Å². The number of methoxy groups -OCH3 is 1. The van der Waals surface area contributed by atoms with Crippen LogP contribution in [0.5, 0.6) is 5.75 Å². The summed E-state index contributed by atoms with van der Waals surface area (Å²) in [5.41, 5.74) is 2.40. The van der Waals surface area contributed by atoms with E-state index in [1.165, 1.54) is 4.90 Å². The summed E-state index contributed by atoms with van der Waals surface area (Å²) < 4.78 is 5.20. The van der Waals surface area contributed by atoms with Gasteiger partial charge >= 0.3 is 0 Å². The zero-order valence-electron chi connectivity index (χ0n) is 14.8. The number of carbonyl (C=O) groups is 2. The second kappa shape index (κ2) is 6.96. The van der Waals surface area contributed by atoms with Crippen molar-refractivity contribution in [3.8, 4) is 5.75 Å². The summed E-state index contributed by atoms with van der Waals surface area (Å²) in [6.07, 6.45) is 0. The van der Waals surface area contributed by atoms with E-state index < -0.39 is 6.04 Å². The average molecular weight is 358 g/mol. The summed E-state index contributed by atoms with van der Waals surface area (Å²) in [5, 5.41) is 3.24. The first kappa shape index (κ1) is 16.8. The Kier molecular flexibility index (Phi) is 4.34. The highest BCUT2D eigenvalue weighted by molar-refractivity contribution is 6.25. The van der Waals surface area contributed by atoms with Crippen LogP contribution in [-0.2, 0) is 4.79 Å². The molecule has 4 rings (SSSR count). The molecule has 27 heavy (non-hydrogen) atoms. The zero-order valence-corrected chi connectivity index (χ0v) is 14.8. The van der Waals surface area contributed by atoms with Crippen molar-refractivity contribution in [2.45, 2.75) is 6.04 Å². The number of fused-ring (bicyclic) bond motifs is 1. The van der Waals surface area contributed by atoms with Crippen molar-refractivity contribution in [1.82, 2.24) is 0 Å². The van der Waals surface area contributed by atoms with Crippen LogP contribution in [0, 0.1) is 0 Å². The van der Waals surface area contributed by atoms with Crippen LogP contribution in [0.3, 0.4) is 0 Å². The Hall–Kier alpha value is -3.60. The van der Waals surface area contributed by atoms with Crippen LogP contribution < -0.4 is 15.0 Å². The number of nitrogens with one attached hydrogen (secondary N) is 1. The van der Waals surface area contributed by atoms with Crippen molar-refractivity contribution in [3.05, 3.63) is 90.0 Å². The fourth-order valence-electron chi connectivity index (χ4n) is 3.21. The highest BCUT2D eigenvalue weighted by atomic mass is 16.5. The molecule has 0 spiro atoms. The van der Waals surface area contributed by atoms with Gasteiger partial charge in [0.2, 0.25) is 0 Å². The van der Waals surface area contributed by atoms with Gasteiger partial charge in [0, 0.05) is 5.69 Å². The summed E-state index contributed by atoms with van der Waals surface area (Å²) in [7, 11) is 1.59. The fraction of sp³-hybridized carbons (Fsp3) is 0.0909. The molecule has 1 unspecified atom stereocenters. The lowest BCUT2D eigenvalue weighted by molar-refractivity contribution is -0.118. The van der Waals surface area contributed by atoms with Crippen molar-refractivity contribution in [3.63, 3.8) is 0 Å². The third-order valence-electron chi connectivity index (χ3n) is 4.59. The van der Waals surface area contributed by atoms with Crippen molar-refractivity contribution >= 4 is 23.2 Å². The van der Waals surface area contributed by atoms with E-state index in [2.05, 4.69) is 5.32 Å². The number of hydrogen-bond donors (Lipinski definition) is 1. The molecular weight excluding hydrogens is 340 g/mol. The van der Waals surface area contributed by atoms with E-state index >= 15 is 0 Å². The minimum Gasteiger partial charge on any atom is -0.497 e. The summed E-state index contributed by atoms with van der Waals surface area (Å²) in [4.78, 5) is 27.8. The molecule has 3 aromatic rings. The lowest BCUT2D eigenvalue weighted by Gasteiger charge is -2.23. The number of rotatable bonds is 3. The molecule has 134 valence electrons. The molecule has 5 nitrogen and oxygen atoms in total. The molecule has 1 aliphatic heterocycles. The van der Waals surface area contributed by atoms with Crippen LogP contribution in [0.2, 0.25) is 0 Å². The maximum atomic E-state index is 13.4. The molecule has 1 N–H and O–H groups in total. The number of nitrogens with zero attached hydrogens (tertiary/aromatic N) is 1. The van der Waals surface area contributed by atoms with E-state index in [9.17, 15) is 9.59 Å². The Morgan fingerprint density at radius 3 is 2.22 bits per heavy atom. The number of anilines is 2. The van der Waals surface area contributed by atoms with Crippen molar-refractivity contribution < 1.29 is 14.3 Å². The van der Waals surface area contributed by atoms with Gasteiger partial charge in [0.15, 0.2) is 0 Å². The minimum atomic E-state index is -0.691. The normalized spacial score (nSPS) is 16.3. The molecule has 2 amide bonds. The second-order valence-electron chi connectivity index (χ2n) is 6.21. The Bertz CT molecular complexity index is 984. The van der Waals surface area contributed by atoms with Gasteiger partial charge in [-0.15, -0.1) is 0 Å². The molecule has 0 saturated carbocycles. The van der Waals surface area contributed by atoms with Crippen molar-refractivity contribution in [2.75, 3.05) is 17.3 Å². The molecule has 0 saturated heterocycles. The molecule has 0 fully saturated rings. The predicted octanol–water partition coefficient (Wildman–Crippen LogP) is 4.04. The average Bonchev–Trinajstić information content (AvgIpc) is 2.83.